The maximum Gasteiger partial charge on any atom is 0.164 e. The molecule has 0 N–H and O–H groups in total. The fourth-order valence-corrected chi connectivity index (χ4v) is 0.995. The van der Waals surface area contributed by atoms with Crippen molar-refractivity contribution in [3.8, 4) is 0 Å². The van der Waals surface area contributed by atoms with Gasteiger partial charge in [-0.25, -0.2) is 9.38 Å². The summed E-state index contributed by atoms with van der Waals surface area (Å²) in [4.78, 5) is 8.20. The minimum Gasteiger partial charge on any atom is -0.262 e. The maximum atomic E-state index is 13.3. The molecule has 68 valence electrons. The van der Waals surface area contributed by atoms with Crippen LogP contribution in [0.5, 0.6) is 0 Å². The SMILES string of the molecule is CC(C)C1=NC(C(C)(C)F)=NC1. The van der Waals surface area contributed by atoms with Crippen LogP contribution in [0.4, 0.5) is 4.39 Å². The van der Waals surface area contributed by atoms with Gasteiger partial charge in [-0.05, 0) is 19.8 Å². The minimum absolute atomic E-state index is 0.339. The zero-order chi connectivity index (χ0) is 9.35. The van der Waals surface area contributed by atoms with Crippen molar-refractivity contribution >= 4 is 11.5 Å². The van der Waals surface area contributed by atoms with Crippen LogP contribution in [0, 0.1) is 5.92 Å². The standard InChI is InChI=1S/C9H15FN2/c1-6(2)7-5-11-8(12-7)9(3,4)10/h6H,5H2,1-4H3. The van der Waals surface area contributed by atoms with Gasteiger partial charge < -0.3 is 0 Å². The molecule has 12 heavy (non-hydrogen) atoms. The summed E-state index contributed by atoms with van der Waals surface area (Å²) in [6.07, 6.45) is 0. The van der Waals surface area contributed by atoms with Gasteiger partial charge in [0.05, 0.1) is 6.54 Å². The Labute approximate surface area is 72.6 Å². The van der Waals surface area contributed by atoms with Crippen LogP contribution in [0.3, 0.4) is 0 Å². The van der Waals surface area contributed by atoms with E-state index in [9.17, 15) is 4.39 Å². The Bertz CT molecular complexity index is 233. The molecule has 2 nitrogen and oxygen atoms in total. The molecule has 1 rings (SSSR count). The molecular formula is C9H15FN2. The minimum atomic E-state index is -1.39. The molecule has 0 aromatic rings. The summed E-state index contributed by atoms with van der Waals surface area (Å²) in [7, 11) is 0. The fourth-order valence-electron chi connectivity index (χ4n) is 0.995. The van der Waals surface area contributed by atoms with Crippen molar-refractivity contribution in [1.82, 2.24) is 0 Å². The predicted octanol–water partition coefficient (Wildman–Crippen LogP) is 2.24. The van der Waals surface area contributed by atoms with Crippen molar-refractivity contribution in [2.45, 2.75) is 33.4 Å². The zero-order valence-electron chi connectivity index (χ0n) is 8.06. The monoisotopic (exact) mass is 170 g/mol. The Morgan fingerprint density at radius 3 is 2.25 bits per heavy atom. The molecule has 0 atom stereocenters. The molecule has 0 saturated heterocycles. The van der Waals surface area contributed by atoms with Crippen LogP contribution in [0.1, 0.15) is 27.7 Å². The van der Waals surface area contributed by atoms with Crippen molar-refractivity contribution in [2.24, 2.45) is 15.9 Å². The average molecular weight is 170 g/mol. The highest BCUT2D eigenvalue weighted by molar-refractivity contribution is 6.07. The highest BCUT2D eigenvalue weighted by Gasteiger charge is 2.27. The number of halogens is 1. The van der Waals surface area contributed by atoms with E-state index in [4.69, 9.17) is 0 Å². The quantitative estimate of drug-likeness (QED) is 0.607. The molecule has 0 saturated carbocycles. The first-order chi connectivity index (χ1) is 5.41. The molecule has 0 fully saturated rings. The second kappa shape index (κ2) is 2.96. The third kappa shape index (κ3) is 1.90. The van der Waals surface area contributed by atoms with Crippen LogP contribution in [0.25, 0.3) is 0 Å². The molecule has 0 aliphatic carbocycles. The van der Waals surface area contributed by atoms with Crippen molar-refractivity contribution in [3.63, 3.8) is 0 Å². The average Bonchev–Trinajstić information content (AvgIpc) is 2.30. The number of amidine groups is 1. The molecule has 0 aromatic heterocycles. The molecule has 1 heterocycles. The number of alkyl halides is 1. The van der Waals surface area contributed by atoms with Gasteiger partial charge in [-0.3, -0.25) is 4.99 Å². The van der Waals surface area contributed by atoms with E-state index in [0.717, 1.165) is 5.71 Å². The number of aliphatic imine (C=N–C) groups is 2. The van der Waals surface area contributed by atoms with E-state index >= 15 is 0 Å². The first kappa shape index (κ1) is 9.36. The second-order valence-corrected chi connectivity index (χ2v) is 3.87. The lowest BCUT2D eigenvalue weighted by atomic mass is 10.1. The van der Waals surface area contributed by atoms with Crippen LogP contribution >= 0.6 is 0 Å². The van der Waals surface area contributed by atoms with Crippen molar-refractivity contribution in [2.75, 3.05) is 6.54 Å². The summed E-state index contributed by atoms with van der Waals surface area (Å²) >= 11 is 0. The lowest BCUT2D eigenvalue weighted by Crippen LogP contribution is -2.23. The maximum absolute atomic E-state index is 13.3. The lowest BCUT2D eigenvalue weighted by Gasteiger charge is -2.10. The predicted molar refractivity (Wildman–Crippen MR) is 49.8 cm³/mol. The highest BCUT2D eigenvalue weighted by atomic mass is 19.1. The molecule has 0 aromatic carbocycles. The summed E-state index contributed by atoms with van der Waals surface area (Å²) < 4.78 is 13.3. The number of rotatable bonds is 2. The largest absolute Gasteiger partial charge is 0.262 e. The summed E-state index contributed by atoms with van der Waals surface area (Å²) in [5, 5.41) is 0. The van der Waals surface area contributed by atoms with Gasteiger partial charge in [0.15, 0.2) is 11.5 Å². The topological polar surface area (TPSA) is 24.7 Å². The van der Waals surface area contributed by atoms with Crippen LogP contribution in [0.15, 0.2) is 9.98 Å². The zero-order valence-corrected chi connectivity index (χ0v) is 8.06. The Morgan fingerprint density at radius 1 is 1.42 bits per heavy atom. The smallest absolute Gasteiger partial charge is 0.164 e. The molecule has 0 radical (unpaired) electrons. The van der Waals surface area contributed by atoms with Crippen LogP contribution in [0.2, 0.25) is 0 Å². The van der Waals surface area contributed by atoms with Gasteiger partial charge in [0, 0.05) is 5.71 Å². The van der Waals surface area contributed by atoms with Crippen molar-refractivity contribution in [1.29, 1.82) is 0 Å². The highest BCUT2D eigenvalue weighted by Crippen LogP contribution is 2.17. The molecule has 0 spiro atoms. The van der Waals surface area contributed by atoms with E-state index in [2.05, 4.69) is 9.98 Å². The van der Waals surface area contributed by atoms with Crippen molar-refractivity contribution < 1.29 is 4.39 Å². The van der Waals surface area contributed by atoms with Gasteiger partial charge in [-0.1, -0.05) is 13.8 Å². The molecule has 0 amide bonds. The molecule has 1 aliphatic heterocycles. The summed E-state index contributed by atoms with van der Waals surface area (Å²) in [6, 6.07) is 0. The Hall–Kier alpha value is -0.730. The van der Waals surface area contributed by atoms with Crippen LogP contribution in [-0.2, 0) is 0 Å². The van der Waals surface area contributed by atoms with Gasteiger partial charge in [0.25, 0.3) is 0 Å². The summed E-state index contributed by atoms with van der Waals surface area (Å²) in [5.74, 6) is 0.708. The van der Waals surface area contributed by atoms with E-state index < -0.39 is 5.67 Å². The summed E-state index contributed by atoms with van der Waals surface area (Å²) in [6.45, 7) is 7.63. The van der Waals surface area contributed by atoms with E-state index in [1.165, 1.54) is 13.8 Å². The summed E-state index contributed by atoms with van der Waals surface area (Å²) in [5.41, 5.74) is -0.410. The number of nitrogens with zero attached hydrogens (tertiary/aromatic N) is 2. The van der Waals surface area contributed by atoms with Gasteiger partial charge in [0.1, 0.15) is 0 Å². The van der Waals surface area contributed by atoms with Crippen LogP contribution in [-0.4, -0.2) is 23.8 Å². The van der Waals surface area contributed by atoms with Crippen molar-refractivity contribution in [3.05, 3.63) is 0 Å². The molecular weight excluding hydrogens is 155 g/mol. The van der Waals surface area contributed by atoms with E-state index in [0.29, 0.717) is 18.3 Å². The Balaban J connectivity index is 2.75. The molecule has 0 unspecified atom stereocenters. The van der Waals surface area contributed by atoms with E-state index in [-0.39, 0.29) is 0 Å². The van der Waals surface area contributed by atoms with E-state index in [1.807, 2.05) is 13.8 Å². The third-order valence-electron chi connectivity index (χ3n) is 1.84. The van der Waals surface area contributed by atoms with E-state index in [1.54, 1.807) is 0 Å². The second-order valence-electron chi connectivity index (χ2n) is 3.87. The molecule has 0 bridgehead atoms. The van der Waals surface area contributed by atoms with Gasteiger partial charge in [-0.15, -0.1) is 0 Å². The fraction of sp³-hybridized carbons (Fsp3) is 0.778. The van der Waals surface area contributed by atoms with Gasteiger partial charge >= 0.3 is 0 Å². The first-order valence-electron chi connectivity index (χ1n) is 4.22. The first-order valence-corrected chi connectivity index (χ1v) is 4.22. The number of hydrogen-bond acceptors (Lipinski definition) is 2. The molecule has 1 aliphatic rings. The number of hydrogen-bond donors (Lipinski definition) is 0. The lowest BCUT2D eigenvalue weighted by molar-refractivity contribution is 0.311. The normalized spacial score (nSPS) is 18.2. The molecule has 3 heteroatoms. The third-order valence-corrected chi connectivity index (χ3v) is 1.84. The Kier molecular flexibility index (Phi) is 2.31. The van der Waals surface area contributed by atoms with Gasteiger partial charge in [-0.2, -0.15) is 0 Å². The van der Waals surface area contributed by atoms with Gasteiger partial charge in [0.2, 0.25) is 0 Å². The Morgan fingerprint density at radius 2 is 2.00 bits per heavy atom. The van der Waals surface area contributed by atoms with Crippen LogP contribution < -0.4 is 0 Å².